The Bertz CT molecular complexity index is 1260. The maximum absolute atomic E-state index is 13.3. The van der Waals surface area contributed by atoms with Crippen LogP contribution in [0.1, 0.15) is 0 Å². The summed E-state index contributed by atoms with van der Waals surface area (Å²) >= 11 is 3.60. The zero-order valence-corrected chi connectivity index (χ0v) is 16.0. The molecular formula is C22H12BrFN2O2. The third kappa shape index (κ3) is 2.92. The zero-order valence-electron chi connectivity index (χ0n) is 14.4. The van der Waals surface area contributed by atoms with Crippen molar-refractivity contribution in [2.24, 2.45) is 0 Å². The molecule has 0 radical (unpaired) electrons. The predicted molar refractivity (Wildman–Crippen MR) is 108 cm³/mol. The summed E-state index contributed by atoms with van der Waals surface area (Å²) in [6.07, 6.45) is 3.19. The monoisotopic (exact) mass is 434 g/mol. The predicted octanol–water partition coefficient (Wildman–Crippen LogP) is 6.72. The van der Waals surface area contributed by atoms with E-state index in [4.69, 9.17) is 18.8 Å². The van der Waals surface area contributed by atoms with Crippen LogP contribution in [-0.2, 0) is 0 Å². The molecule has 5 rings (SSSR count). The molecule has 2 aromatic carbocycles. The Kier molecular flexibility index (Phi) is 4.06. The lowest BCUT2D eigenvalue weighted by Crippen LogP contribution is -1.95. The van der Waals surface area contributed by atoms with Gasteiger partial charge in [-0.25, -0.2) is 14.4 Å². The van der Waals surface area contributed by atoms with Crippen LogP contribution in [0.15, 0.2) is 86.5 Å². The van der Waals surface area contributed by atoms with E-state index in [0.29, 0.717) is 33.9 Å². The minimum Gasteiger partial charge on any atom is -0.463 e. The maximum atomic E-state index is 13.3. The van der Waals surface area contributed by atoms with Crippen molar-refractivity contribution in [3.05, 3.63) is 83.5 Å². The molecule has 0 atom stereocenters. The number of hydrogen-bond donors (Lipinski definition) is 0. The molecule has 0 aliphatic carbocycles. The lowest BCUT2D eigenvalue weighted by atomic mass is 10.0. The molecule has 3 heterocycles. The van der Waals surface area contributed by atoms with Crippen molar-refractivity contribution in [2.45, 2.75) is 0 Å². The Morgan fingerprint density at radius 1 is 0.750 bits per heavy atom. The van der Waals surface area contributed by atoms with Gasteiger partial charge in [0.25, 0.3) is 0 Å². The van der Waals surface area contributed by atoms with Crippen LogP contribution in [0, 0.1) is 5.82 Å². The molecule has 3 aromatic heterocycles. The van der Waals surface area contributed by atoms with Gasteiger partial charge in [-0.1, -0.05) is 28.1 Å². The van der Waals surface area contributed by atoms with E-state index < -0.39 is 0 Å². The molecule has 5 aromatic rings. The van der Waals surface area contributed by atoms with E-state index in [9.17, 15) is 4.39 Å². The van der Waals surface area contributed by atoms with Gasteiger partial charge in [-0.2, -0.15) is 0 Å². The Labute approximate surface area is 167 Å². The van der Waals surface area contributed by atoms with Crippen LogP contribution in [-0.4, -0.2) is 9.97 Å². The fourth-order valence-corrected chi connectivity index (χ4v) is 3.66. The van der Waals surface area contributed by atoms with Gasteiger partial charge in [0, 0.05) is 4.47 Å². The number of benzene rings is 2. The average Bonchev–Trinajstić information content (AvgIpc) is 3.41. The van der Waals surface area contributed by atoms with Crippen molar-refractivity contribution in [2.75, 3.05) is 0 Å². The lowest BCUT2D eigenvalue weighted by Gasteiger charge is -2.10. The highest BCUT2D eigenvalue weighted by Gasteiger charge is 2.18. The molecule has 0 aliphatic heterocycles. The van der Waals surface area contributed by atoms with Gasteiger partial charge < -0.3 is 8.83 Å². The van der Waals surface area contributed by atoms with Crippen molar-refractivity contribution >= 4 is 27.0 Å². The molecule has 0 fully saturated rings. The molecule has 6 heteroatoms. The quantitative estimate of drug-likeness (QED) is 0.316. The van der Waals surface area contributed by atoms with Crippen molar-refractivity contribution in [1.29, 1.82) is 0 Å². The topological polar surface area (TPSA) is 52.1 Å². The highest BCUT2D eigenvalue weighted by Crippen LogP contribution is 2.35. The second-order valence-electron chi connectivity index (χ2n) is 6.20. The van der Waals surface area contributed by atoms with E-state index in [1.165, 1.54) is 12.1 Å². The van der Waals surface area contributed by atoms with E-state index >= 15 is 0 Å². The van der Waals surface area contributed by atoms with Crippen LogP contribution in [0.25, 0.3) is 45.1 Å². The van der Waals surface area contributed by atoms with Gasteiger partial charge in [-0.3, -0.25) is 0 Å². The van der Waals surface area contributed by atoms with Crippen LogP contribution in [0.3, 0.4) is 0 Å². The molecule has 0 N–H and O–H groups in total. The highest BCUT2D eigenvalue weighted by atomic mass is 79.9. The number of fused-ring (bicyclic) bond motifs is 1. The SMILES string of the molecule is Fc1ccc(-c2cc3nc(-c4ccco4)c(-c4ccco4)nc3cc2Br)cc1. The number of aromatic nitrogens is 2. The summed E-state index contributed by atoms with van der Waals surface area (Å²) in [6.45, 7) is 0. The van der Waals surface area contributed by atoms with Crippen molar-refractivity contribution in [1.82, 2.24) is 9.97 Å². The van der Waals surface area contributed by atoms with Gasteiger partial charge in [0.15, 0.2) is 11.5 Å². The largest absolute Gasteiger partial charge is 0.463 e. The van der Waals surface area contributed by atoms with Crippen LogP contribution in [0.4, 0.5) is 4.39 Å². The Balaban J connectivity index is 1.76. The number of furan rings is 2. The van der Waals surface area contributed by atoms with Crippen LogP contribution in [0.5, 0.6) is 0 Å². The van der Waals surface area contributed by atoms with Gasteiger partial charge in [-0.15, -0.1) is 0 Å². The molecule has 136 valence electrons. The first kappa shape index (κ1) is 16.9. The van der Waals surface area contributed by atoms with Gasteiger partial charge >= 0.3 is 0 Å². The molecule has 0 unspecified atom stereocenters. The Morgan fingerprint density at radius 3 is 1.86 bits per heavy atom. The van der Waals surface area contributed by atoms with Crippen LogP contribution >= 0.6 is 15.9 Å². The fraction of sp³-hybridized carbons (Fsp3) is 0. The van der Waals surface area contributed by atoms with E-state index in [1.54, 1.807) is 36.8 Å². The van der Waals surface area contributed by atoms with E-state index in [-0.39, 0.29) is 5.82 Å². The summed E-state index contributed by atoms with van der Waals surface area (Å²) in [5, 5.41) is 0. The van der Waals surface area contributed by atoms with Gasteiger partial charge in [0.2, 0.25) is 0 Å². The third-order valence-electron chi connectivity index (χ3n) is 4.42. The minimum atomic E-state index is -0.274. The van der Waals surface area contributed by atoms with Crippen molar-refractivity contribution in [3.8, 4) is 34.0 Å². The smallest absolute Gasteiger partial charge is 0.154 e. The van der Waals surface area contributed by atoms with Crippen LogP contribution < -0.4 is 0 Å². The van der Waals surface area contributed by atoms with Gasteiger partial charge in [-0.05, 0) is 59.7 Å². The second-order valence-corrected chi connectivity index (χ2v) is 7.06. The normalized spacial score (nSPS) is 11.2. The van der Waals surface area contributed by atoms with Gasteiger partial charge in [0.05, 0.1) is 23.6 Å². The zero-order chi connectivity index (χ0) is 19.1. The van der Waals surface area contributed by atoms with E-state index in [0.717, 1.165) is 15.6 Å². The van der Waals surface area contributed by atoms with Crippen molar-refractivity contribution < 1.29 is 13.2 Å². The summed E-state index contributed by atoms with van der Waals surface area (Å²) in [5.41, 5.74) is 4.39. The number of nitrogens with zero attached hydrogens (tertiary/aromatic N) is 2. The summed E-state index contributed by atoms with van der Waals surface area (Å²) in [7, 11) is 0. The summed E-state index contributed by atoms with van der Waals surface area (Å²) in [4.78, 5) is 9.58. The molecule has 0 bridgehead atoms. The molecule has 0 aliphatic rings. The summed E-state index contributed by atoms with van der Waals surface area (Å²) < 4.78 is 25.3. The minimum absolute atomic E-state index is 0.274. The summed E-state index contributed by atoms with van der Waals surface area (Å²) in [5.74, 6) is 0.940. The molecular weight excluding hydrogens is 423 g/mol. The number of halogens is 2. The molecule has 0 amide bonds. The number of rotatable bonds is 3. The molecule has 0 spiro atoms. The molecule has 0 saturated carbocycles. The number of hydrogen-bond acceptors (Lipinski definition) is 4. The summed E-state index contributed by atoms with van der Waals surface area (Å²) in [6, 6.07) is 17.5. The van der Waals surface area contributed by atoms with Crippen LogP contribution in [0.2, 0.25) is 0 Å². The third-order valence-corrected chi connectivity index (χ3v) is 5.07. The first-order valence-corrected chi connectivity index (χ1v) is 9.33. The average molecular weight is 435 g/mol. The Morgan fingerprint density at radius 2 is 1.32 bits per heavy atom. The van der Waals surface area contributed by atoms with E-state index in [1.807, 2.05) is 24.3 Å². The fourth-order valence-electron chi connectivity index (χ4n) is 3.10. The molecule has 4 nitrogen and oxygen atoms in total. The standard InChI is InChI=1S/C22H12BrFN2O2/c23-16-12-18-17(11-15(16)13-5-7-14(24)8-6-13)25-21(19-3-1-9-27-19)22(26-18)20-4-2-10-28-20/h1-12H. The van der Waals surface area contributed by atoms with Crippen molar-refractivity contribution in [3.63, 3.8) is 0 Å². The second kappa shape index (κ2) is 6.73. The lowest BCUT2D eigenvalue weighted by molar-refractivity contribution is 0.572. The first-order valence-electron chi connectivity index (χ1n) is 8.54. The Hall–Kier alpha value is -3.25. The molecule has 28 heavy (non-hydrogen) atoms. The maximum Gasteiger partial charge on any atom is 0.154 e. The molecule has 0 saturated heterocycles. The van der Waals surface area contributed by atoms with Gasteiger partial charge in [0.1, 0.15) is 17.2 Å². The van der Waals surface area contributed by atoms with E-state index in [2.05, 4.69) is 15.9 Å². The highest BCUT2D eigenvalue weighted by molar-refractivity contribution is 9.10. The first-order chi connectivity index (χ1) is 13.7.